The number of anilines is 1. The topological polar surface area (TPSA) is 74.7 Å². The van der Waals surface area contributed by atoms with Crippen LogP contribution in [0.15, 0.2) is 6.07 Å². The van der Waals surface area contributed by atoms with Crippen molar-refractivity contribution in [3.8, 4) is 6.07 Å². The molecule has 2 rings (SSSR count). The molecule has 16 heavy (non-hydrogen) atoms. The molecule has 1 aromatic rings. The normalized spacial score (nSPS) is 17.4. The van der Waals surface area contributed by atoms with E-state index in [2.05, 4.69) is 30.3 Å². The Morgan fingerprint density at radius 3 is 2.94 bits per heavy atom. The summed E-state index contributed by atoms with van der Waals surface area (Å²) in [7, 11) is 0. The minimum atomic E-state index is 0.0766. The summed E-state index contributed by atoms with van der Waals surface area (Å²) in [6.45, 7) is 4.37. The number of aromatic nitrogens is 1. The molecule has 0 spiro atoms. The van der Waals surface area contributed by atoms with Crippen LogP contribution in [0.4, 0.5) is 5.82 Å². The van der Waals surface area contributed by atoms with E-state index in [0.717, 1.165) is 25.0 Å². The largest absolute Gasteiger partial charge is 0.307 e. The van der Waals surface area contributed by atoms with Crippen molar-refractivity contribution in [3.63, 3.8) is 0 Å². The molecule has 0 radical (unpaired) electrons. The Morgan fingerprint density at radius 1 is 1.56 bits per heavy atom. The number of rotatable bonds is 1. The maximum Gasteiger partial charge on any atom is 0.158 e. The quantitative estimate of drug-likeness (QED) is 0.555. The van der Waals surface area contributed by atoms with Crippen LogP contribution in [-0.2, 0) is 11.8 Å². The lowest BCUT2D eigenvalue weighted by molar-refractivity contribution is 0.418. The van der Waals surface area contributed by atoms with Crippen LogP contribution in [0, 0.1) is 11.3 Å². The Kier molecular flexibility index (Phi) is 2.56. The summed E-state index contributed by atoms with van der Waals surface area (Å²) in [6, 6.07) is 4.03. The zero-order valence-corrected chi connectivity index (χ0v) is 9.67. The number of nitriles is 1. The minimum absolute atomic E-state index is 0.0766. The Hall–Kier alpha value is -1.60. The number of nitrogen functional groups attached to an aromatic ring is 1. The summed E-state index contributed by atoms with van der Waals surface area (Å²) in [6.07, 6.45) is 3.29. The van der Waals surface area contributed by atoms with Crippen molar-refractivity contribution in [2.24, 2.45) is 5.84 Å². The predicted molar refractivity (Wildman–Crippen MR) is 62.7 cm³/mol. The van der Waals surface area contributed by atoms with Gasteiger partial charge in [0.25, 0.3) is 0 Å². The van der Waals surface area contributed by atoms with Crippen molar-refractivity contribution in [2.75, 3.05) is 5.43 Å². The molecule has 0 saturated heterocycles. The highest BCUT2D eigenvalue weighted by Crippen LogP contribution is 2.36. The van der Waals surface area contributed by atoms with Gasteiger partial charge in [0.1, 0.15) is 6.07 Å². The lowest BCUT2D eigenvalue weighted by Gasteiger charge is -2.31. The first-order chi connectivity index (χ1) is 7.58. The number of hydrogen-bond acceptors (Lipinski definition) is 4. The molecule has 84 valence electrons. The fourth-order valence-electron chi connectivity index (χ4n) is 2.37. The van der Waals surface area contributed by atoms with E-state index in [1.807, 2.05) is 6.07 Å². The molecule has 0 amide bonds. The lowest BCUT2D eigenvalue weighted by Crippen LogP contribution is -2.27. The predicted octanol–water partition coefficient (Wildman–Crippen LogP) is 1.85. The molecular formula is C12H16N4. The van der Waals surface area contributed by atoms with E-state index < -0.39 is 0 Å². The van der Waals surface area contributed by atoms with Crippen molar-refractivity contribution in [3.05, 3.63) is 22.9 Å². The third-order valence-electron chi connectivity index (χ3n) is 3.25. The van der Waals surface area contributed by atoms with E-state index in [1.54, 1.807) is 0 Å². The maximum absolute atomic E-state index is 9.00. The van der Waals surface area contributed by atoms with E-state index in [-0.39, 0.29) is 5.41 Å². The van der Waals surface area contributed by atoms with Crippen LogP contribution >= 0.6 is 0 Å². The van der Waals surface area contributed by atoms with Crippen molar-refractivity contribution < 1.29 is 0 Å². The Labute approximate surface area is 95.5 Å². The summed E-state index contributed by atoms with van der Waals surface area (Å²) in [5.41, 5.74) is 5.37. The van der Waals surface area contributed by atoms with Crippen LogP contribution in [0.25, 0.3) is 0 Å². The zero-order valence-electron chi connectivity index (χ0n) is 9.67. The van der Waals surface area contributed by atoms with Gasteiger partial charge in [-0.2, -0.15) is 5.26 Å². The first-order valence-electron chi connectivity index (χ1n) is 5.49. The average molecular weight is 216 g/mol. The van der Waals surface area contributed by atoms with E-state index in [0.29, 0.717) is 11.4 Å². The van der Waals surface area contributed by atoms with Crippen LogP contribution < -0.4 is 11.3 Å². The first kappa shape index (κ1) is 10.9. The molecular weight excluding hydrogens is 200 g/mol. The average Bonchev–Trinajstić information content (AvgIpc) is 2.27. The highest BCUT2D eigenvalue weighted by molar-refractivity contribution is 5.54. The number of nitrogens with two attached hydrogens (primary N) is 1. The van der Waals surface area contributed by atoms with E-state index in [4.69, 9.17) is 11.1 Å². The van der Waals surface area contributed by atoms with Crippen LogP contribution in [0.2, 0.25) is 0 Å². The van der Waals surface area contributed by atoms with Crippen LogP contribution in [0.5, 0.6) is 0 Å². The molecule has 3 N–H and O–H groups in total. The summed E-state index contributed by atoms with van der Waals surface area (Å²) in [5.74, 6) is 5.87. The van der Waals surface area contributed by atoms with Gasteiger partial charge >= 0.3 is 0 Å². The fourth-order valence-corrected chi connectivity index (χ4v) is 2.37. The number of nitrogens with one attached hydrogen (secondary N) is 1. The summed E-state index contributed by atoms with van der Waals surface area (Å²) in [5, 5.41) is 9.00. The van der Waals surface area contributed by atoms with Crippen LogP contribution in [-0.4, -0.2) is 4.98 Å². The second-order valence-electron chi connectivity index (χ2n) is 4.89. The van der Waals surface area contributed by atoms with Crippen LogP contribution in [0.3, 0.4) is 0 Å². The van der Waals surface area contributed by atoms with Gasteiger partial charge in [0.2, 0.25) is 0 Å². The molecule has 0 aliphatic heterocycles. The Morgan fingerprint density at radius 2 is 2.31 bits per heavy atom. The minimum Gasteiger partial charge on any atom is -0.307 e. The lowest BCUT2D eigenvalue weighted by atomic mass is 9.75. The highest BCUT2D eigenvalue weighted by atomic mass is 15.3. The summed E-state index contributed by atoms with van der Waals surface area (Å²) in [4.78, 5) is 4.50. The van der Waals surface area contributed by atoms with E-state index >= 15 is 0 Å². The molecule has 0 unspecified atom stereocenters. The summed E-state index contributed by atoms with van der Waals surface area (Å²) >= 11 is 0. The molecule has 1 heterocycles. The van der Waals surface area contributed by atoms with Crippen molar-refractivity contribution in [1.82, 2.24) is 4.98 Å². The van der Waals surface area contributed by atoms with E-state index in [1.165, 1.54) is 5.56 Å². The van der Waals surface area contributed by atoms with Gasteiger partial charge in [0.15, 0.2) is 5.82 Å². The number of nitrogens with zero attached hydrogens (tertiary/aromatic N) is 2. The molecule has 4 heteroatoms. The van der Waals surface area contributed by atoms with Gasteiger partial charge in [0.05, 0.1) is 11.3 Å². The number of hydrogen-bond donors (Lipinski definition) is 2. The number of aryl methyl sites for hydroxylation is 1. The summed E-state index contributed by atoms with van der Waals surface area (Å²) < 4.78 is 0. The molecule has 1 aliphatic carbocycles. The SMILES string of the molecule is CC1(C)CCCc2cc(C#N)c(NN)nc21. The van der Waals surface area contributed by atoms with Crippen LogP contribution in [0.1, 0.15) is 43.5 Å². The van der Waals surface area contributed by atoms with Gasteiger partial charge in [0, 0.05) is 5.41 Å². The van der Waals surface area contributed by atoms with Gasteiger partial charge in [-0.3, -0.25) is 0 Å². The number of fused-ring (bicyclic) bond motifs is 1. The van der Waals surface area contributed by atoms with Gasteiger partial charge in [-0.05, 0) is 30.9 Å². The molecule has 1 aromatic heterocycles. The molecule has 0 saturated carbocycles. The zero-order chi connectivity index (χ0) is 11.8. The van der Waals surface area contributed by atoms with Crippen molar-refractivity contribution in [1.29, 1.82) is 5.26 Å². The van der Waals surface area contributed by atoms with E-state index in [9.17, 15) is 0 Å². The third kappa shape index (κ3) is 1.63. The Bertz CT molecular complexity index is 457. The van der Waals surface area contributed by atoms with Gasteiger partial charge in [-0.1, -0.05) is 13.8 Å². The van der Waals surface area contributed by atoms with Gasteiger partial charge in [-0.15, -0.1) is 0 Å². The van der Waals surface area contributed by atoms with Gasteiger partial charge < -0.3 is 5.43 Å². The van der Waals surface area contributed by atoms with Gasteiger partial charge in [-0.25, -0.2) is 10.8 Å². The highest BCUT2D eigenvalue weighted by Gasteiger charge is 2.30. The maximum atomic E-state index is 9.00. The molecule has 0 bridgehead atoms. The monoisotopic (exact) mass is 216 g/mol. The second-order valence-corrected chi connectivity index (χ2v) is 4.89. The molecule has 0 fully saturated rings. The second kappa shape index (κ2) is 3.76. The Balaban J connectivity index is 2.61. The smallest absolute Gasteiger partial charge is 0.158 e. The molecule has 0 aromatic carbocycles. The number of pyridine rings is 1. The first-order valence-corrected chi connectivity index (χ1v) is 5.49. The van der Waals surface area contributed by atoms with Crippen molar-refractivity contribution >= 4 is 5.82 Å². The van der Waals surface area contributed by atoms with Crippen molar-refractivity contribution in [2.45, 2.75) is 38.5 Å². The molecule has 0 atom stereocenters. The molecule has 4 nitrogen and oxygen atoms in total. The fraction of sp³-hybridized carbons (Fsp3) is 0.500. The standard InChI is InChI=1S/C12H16N4/c1-12(2)5-3-4-8-6-9(7-13)11(16-14)15-10(8)12/h6H,3-5,14H2,1-2H3,(H,15,16). The third-order valence-corrected chi connectivity index (χ3v) is 3.25. The number of hydrazine groups is 1. The molecule has 1 aliphatic rings.